The van der Waals surface area contributed by atoms with Crippen molar-refractivity contribution in [1.82, 2.24) is 15.1 Å². The van der Waals surface area contributed by atoms with E-state index in [9.17, 15) is 14.4 Å². The largest absolute Gasteiger partial charge is 0.497 e. The van der Waals surface area contributed by atoms with Crippen molar-refractivity contribution < 1.29 is 19.1 Å². The first-order valence-electron chi connectivity index (χ1n) is 10.0. The Balaban J connectivity index is 1.49. The highest BCUT2D eigenvalue weighted by Gasteiger charge is 2.54. The first-order chi connectivity index (χ1) is 14.4. The van der Waals surface area contributed by atoms with Crippen molar-refractivity contribution in [2.45, 2.75) is 31.3 Å². The number of imide groups is 1. The van der Waals surface area contributed by atoms with Gasteiger partial charge in [-0.15, -0.1) is 0 Å². The molecule has 1 saturated heterocycles. The molecule has 0 unspecified atom stereocenters. The lowest BCUT2D eigenvalue weighted by Gasteiger charge is -2.33. The number of aryl methyl sites for hydroxylation is 1. The smallest absolute Gasteiger partial charge is 0.325 e. The first-order valence-corrected chi connectivity index (χ1v) is 10.0. The molecule has 1 fully saturated rings. The summed E-state index contributed by atoms with van der Waals surface area (Å²) in [6, 6.07) is 14.6. The van der Waals surface area contributed by atoms with Crippen molar-refractivity contribution in [3.63, 3.8) is 0 Å². The van der Waals surface area contributed by atoms with Gasteiger partial charge in [0.2, 0.25) is 5.91 Å². The quantitative estimate of drug-likeness (QED) is 0.773. The predicted octanol–water partition coefficient (Wildman–Crippen LogP) is 2.44. The molecule has 7 heteroatoms. The van der Waals surface area contributed by atoms with Gasteiger partial charge in [-0.25, -0.2) is 4.79 Å². The summed E-state index contributed by atoms with van der Waals surface area (Å²) in [6.45, 7) is 0.0721. The number of rotatable bonds is 5. The van der Waals surface area contributed by atoms with Gasteiger partial charge in [0.25, 0.3) is 5.91 Å². The molecule has 1 spiro atoms. The number of nitrogens with one attached hydrogen (secondary N) is 1. The van der Waals surface area contributed by atoms with Crippen LogP contribution in [0.25, 0.3) is 0 Å². The minimum atomic E-state index is -1.06. The molecule has 1 aliphatic carbocycles. The van der Waals surface area contributed by atoms with Gasteiger partial charge in [0.15, 0.2) is 0 Å². The number of hydrogen-bond acceptors (Lipinski definition) is 4. The second kappa shape index (κ2) is 7.82. The van der Waals surface area contributed by atoms with Crippen LogP contribution in [-0.2, 0) is 28.1 Å². The summed E-state index contributed by atoms with van der Waals surface area (Å²) < 4.78 is 5.22. The molecular weight excluding hydrogens is 382 g/mol. The molecule has 4 rings (SSSR count). The van der Waals surface area contributed by atoms with Crippen molar-refractivity contribution in [2.75, 3.05) is 20.7 Å². The van der Waals surface area contributed by atoms with Crippen molar-refractivity contribution in [2.24, 2.45) is 0 Å². The molecule has 0 radical (unpaired) electrons. The van der Waals surface area contributed by atoms with Crippen LogP contribution in [0.3, 0.4) is 0 Å². The van der Waals surface area contributed by atoms with Crippen molar-refractivity contribution in [1.29, 1.82) is 0 Å². The van der Waals surface area contributed by atoms with Gasteiger partial charge in [-0.05, 0) is 48.1 Å². The summed E-state index contributed by atoms with van der Waals surface area (Å²) in [7, 11) is 3.25. The minimum absolute atomic E-state index is 0.283. The highest BCUT2D eigenvalue weighted by Crippen LogP contribution is 2.39. The Kier molecular flexibility index (Phi) is 5.20. The SMILES string of the molecule is COc1cccc(CN(C)C(=O)CN2C(=O)N[C@@]3(CCCc4ccccc43)C2=O)c1. The summed E-state index contributed by atoms with van der Waals surface area (Å²) in [5.41, 5.74) is 1.76. The maximum absolute atomic E-state index is 13.3. The monoisotopic (exact) mass is 407 g/mol. The van der Waals surface area contributed by atoms with Crippen LogP contribution in [0.1, 0.15) is 29.5 Å². The van der Waals surface area contributed by atoms with E-state index in [1.54, 1.807) is 14.2 Å². The molecule has 156 valence electrons. The van der Waals surface area contributed by atoms with Gasteiger partial charge in [0.05, 0.1) is 7.11 Å². The highest BCUT2D eigenvalue weighted by molar-refractivity contribution is 6.09. The maximum Gasteiger partial charge on any atom is 0.325 e. The fourth-order valence-electron chi connectivity index (χ4n) is 4.34. The molecule has 4 amide bonds. The molecule has 2 aromatic rings. The van der Waals surface area contributed by atoms with Gasteiger partial charge in [-0.2, -0.15) is 0 Å². The number of benzene rings is 2. The van der Waals surface area contributed by atoms with E-state index >= 15 is 0 Å². The van der Waals surface area contributed by atoms with E-state index in [1.807, 2.05) is 48.5 Å². The van der Waals surface area contributed by atoms with Crippen molar-refractivity contribution >= 4 is 17.8 Å². The van der Waals surface area contributed by atoms with Gasteiger partial charge in [0, 0.05) is 13.6 Å². The number of urea groups is 1. The van der Waals surface area contributed by atoms with Crippen LogP contribution in [0.2, 0.25) is 0 Å². The average Bonchev–Trinajstić information content (AvgIpc) is 2.98. The van der Waals surface area contributed by atoms with Crippen LogP contribution < -0.4 is 10.1 Å². The van der Waals surface area contributed by atoms with Gasteiger partial charge < -0.3 is 15.0 Å². The molecular formula is C23H25N3O4. The summed E-state index contributed by atoms with van der Waals surface area (Å²) >= 11 is 0. The number of ether oxygens (including phenoxy) is 1. The molecule has 7 nitrogen and oxygen atoms in total. The average molecular weight is 407 g/mol. The molecule has 1 aliphatic heterocycles. The van der Waals surface area contributed by atoms with Crippen LogP contribution >= 0.6 is 0 Å². The summed E-state index contributed by atoms with van der Waals surface area (Å²) in [5.74, 6) is 0.0607. The first kappa shape index (κ1) is 19.9. The van der Waals surface area contributed by atoms with Gasteiger partial charge in [-0.1, -0.05) is 36.4 Å². The topological polar surface area (TPSA) is 79.0 Å². The van der Waals surface area contributed by atoms with E-state index in [2.05, 4.69) is 5.32 Å². The van der Waals surface area contributed by atoms with E-state index < -0.39 is 11.6 Å². The Hall–Kier alpha value is -3.35. The summed E-state index contributed by atoms with van der Waals surface area (Å²) in [4.78, 5) is 41.3. The number of fused-ring (bicyclic) bond motifs is 2. The fraction of sp³-hybridized carbons (Fsp3) is 0.348. The Labute approximate surface area is 175 Å². The molecule has 0 aromatic heterocycles. The Morgan fingerprint density at radius 2 is 2.00 bits per heavy atom. The molecule has 1 N–H and O–H groups in total. The Morgan fingerprint density at radius 1 is 1.20 bits per heavy atom. The number of hydrogen-bond donors (Lipinski definition) is 1. The third kappa shape index (κ3) is 3.40. The van der Waals surface area contributed by atoms with Crippen LogP contribution in [0.4, 0.5) is 4.79 Å². The molecule has 1 atom stereocenters. The Bertz CT molecular complexity index is 1010. The van der Waals surface area contributed by atoms with Gasteiger partial charge in [-0.3, -0.25) is 14.5 Å². The van der Waals surface area contributed by atoms with Gasteiger partial charge in [0.1, 0.15) is 17.8 Å². The lowest BCUT2D eigenvalue weighted by molar-refractivity contribution is -0.139. The second-order valence-corrected chi connectivity index (χ2v) is 7.84. The normalized spacial score (nSPS) is 20.1. The zero-order valence-corrected chi connectivity index (χ0v) is 17.2. The third-order valence-electron chi connectivity index (χ3n) is 5.92. The third-order valence-corrected chi connectivity index (χ3v) is 5.92. The van der Waals surface area contributed by atoms with Crippen LogP contribution in [0.15, 0.2) is 48.5 Å². The number of likely N-dealkylation sites (N-methyl/N-ethyl adjacent to an activating group) is 1. The zero-order chi connectivity index (χ0) is 21.3. The van der Waals surface area contributed by atoms with E-state index in [1.165, 1.54) is 4.90 Å². The molecule has 0 saturated carbocycles. The number of methoxy groups -OCH3 is 1. The summed E-state index contributed by atoms with van der Waals surface area (Å²) in [6.07, 6.45) is 2.22. The number of carbonyl (C=O) groups excluding carboxylic acids is 3. The fourth-order valence-corrected chi connectivity index (χ4v) is 4.34. The minimum Gasteiger partial charge on any atom is -0.497 e. The number of amides is 4. The molecule has 0 bridgehead atoms. The van der Waals surface area contributed by atoms with Crippen LogP contribution in [0, 0.1) is 0 Å². The van der Waals surface area contributed by atoms with Gasteiger partial charge >= 0.3 is 6.03 Å². The van der Waals surface area contributed by atoms with E-state index in [0.717, 1.165) is 34.4 Å². The lowest BCUT2D eigenvalue weighted by atomic mass is 9.76. The zero-order valence-electron chi connectivity index (χ0n) is 17.2. The van der Waals surface area contributed by atoms with Crippen molar-refractivity contribution in [3.8, 4) is 5.75 Å². The second-order valence-electron chi connectivity index (χ2n) is 7.84. The van der Waals surface area contributed by atoms with Crippen LogP contribution in [0.5, 0.6) is 5.75 Å². The van der Waals surface area contributed by atoms with E-state index in [0.29, 0.717) is 18.7 Å². The predicted molar refractivity (Wildman–Crippen MR) is 111 cm³/mol. The lowest BCUT2D eigenvalue weighted by Crippen LogP contribution is -2.47. The number of nitrogens with zero attached hydrogens (tertiary/aromatic N) is 2. The molecule has 1 heterocycles. The molecule has 2 aliphatic rings. The van der Waals surface area contributed by atoms with E-state index in [-0.39, 0.29) is 18.4 Å². The highest BCUT2D eigenvalue weighted by atomic mass is 16.5. The summed E-state index contributed by atoms with van der Waals surface area (Å²) in [5, 5.41) is 2.88. The van der Waals surface area contributed by atoms with Crippen molar-refractivity contribution in [3.05, 3.63) is 65.2 Å². The number of carbonyl (C=O) groups is 3. The van der Waals surface area contributed by atoms with E-state index in [4.69, 9.17) is 4.74 Å². The maximum atomic E-state index is 13.3. The molecule has 2 aromatic carbocycles. The standard InChI is InChI=1S/C23H25N3O4/c1-25(14-16-7-5-10-18(13-16)30-2)20(27)15-26-21(28)23(24-22(26)29)12-6-9-17-8-3-4-11-19(17)23/h3-5,7-8,10-11,13H,6,9,12,14-15H2,1-2H3,(H,24,29)/t23-/m1/s1. The van der Waals surface area contributed by atoms with Crippen LogP contribution in [-0.4, -0.2) is 48.3 Å². The molecule has 30 heavy (non-hydrogen) atoms. The Morgan fingerprint density at radius 3 is 2.80 bits per heavy atom.